The maximum atomic E-state index is 16.8. The molecule has 0 amide bonds. The summed E-state index contributed by atoms with van der Waals surface area (Å²) in [5.74, 6) is -0.681. The van der Waals surface area contributed by atoms with Crippen molar-refractivity contribution in [1.29, 1.82) is 5.26 Å². The number of nitriles is 1. The SMILES string of the molecule is C=Nc1sc2c(F)ccc(-c3ncc4c(N(C)CC5(N(C)C)CCC5)nc(OCC5(CN6CC7OC[C@H]76)CC5)nc4c3F)c2c1C#N. The average molecular weight is 659 g/mol. The van der Waals surface area contributed by atoms with Crippen LogP contribution in [-0.4, -0.2) is 103 Å². The van der Waals surface area contributed by atoms with Gasteiger partial charge in [0.15, 0.2) is 5.82 Å². The maximum Gasteiger partial charge on any atom is 0.319 e. The molecule has 1 unspecified atom stereocenters. The van der Waals surface area contributed by atoms with E-state index in [9.17, 15) is 9.65 Å². The molecule has 13 heteroatoms. The zero-order chi connectivity index (χ0) is 32.7. The summed E-state index contributed by atoms with van der Waals surface area (Å²) < 4.78 is 43.8. The van der Waals surface area contributed by atoms with E-state index in [1.165, 1.54) is 12.1 Å². The summed E-state index contributed by atoms with van der Waals surface area (Å²) in [6.07, 6.45) is 7.32. The van der Waals surface area contributed by atoms with Crippen LogP contribution >= 0.6 is 11.3 Å². The lowest BCUT2D eigenvalue weighted by Gasteiger charge is -2.55. The van der Waals surface area contributed by atoms with Crippen LogP contribution in [0.3, 0.4) is 0 Å². The van der Waals surface area contributed by atoms with E-state index in [4.69, 9.17) is 14.5 Å². The second-order valence-corrected chi connectivity index (χ2v) is 14.8. The van der Waals surface area contributed by atoms with E-state index in [1.54, 1.807) is 6.20 Å². The van der Waals surface area contributed by atoms with E-state index in [2.05, 4.69) is 51.6 Å². The van der Waals surface area contributed by atoms with Crippen molar-refractivity contribution in [3.8, 4) is 23.3 Å². The molecule has 10 nitrogen and oxygen atoms in total. The molecule has 2 saturated heterocycles. The average Bonchev–Trinajstić information content (AvgIpc) is 3.69. The van der Waals surface area contributed by atoms with Crippen molar-refractivity contribution < 1.29 is 18.3 Å². The molecule has 0 radical (unpaired) electrons. The number of anilines is 1. The van der Waals surface area contributed by atoms with Gasteiger partial charge in [0, 0.05) is 54.8 Å². The molecular formula is C34H36F2N8O2S. The van der Waals surface area contributed by atoms with Gasteiger partial charge in [0.05, 0.1) is 41.0 Å². The van der Waals surface area contributed by atoms with Crippen molar-refractivity contribution >= 4 is 49.9 Å². The third-order valence-electron chi connectivity index (χ3n) is 10.8. The van der Waals surface area contributed by atoms with Gasteiger partial charge in [0.25, 0.3) is 0 Å². The molecule has 2 aliphatic carbocycles. The van der Waals surface area contributed by atoms with Crippen LogP contribution in [-0.2, 0) is 4.74 Å². The standard InChI is InChI=1S/C34H36F2N8O2S/c1-38-31-20(12-37)25-19(6-7-22(35)29(25)47-31)27-26(36)28-21(13-39-27)30(43(4)17-34(42(2)3)8-5-9-34)41-32(40-28)46-18-33(10-11-33)16-44-14-24-23(44)15-45-24/h6-7,13,23-24H,1,5,8-11,14-18H2,2-4H3/t23-,24?/m1/s1. The van der Waals surface area contributed by atoms with Gasteiger partial charge in [0.2, 0.25) is 0 Å². The zero-order valence-electron chi connectivity index (χ0n) is 26.7. The molecule has 244 valence electrons. The Balaban J connectivity index is 1.20. The number of likely N-dealkylation sites (N-methyl/N-ethyl adjacent to an activating group) is 2. The summed E-state index contributed by atoms with van der Waals surface area (Å²) in [6.45, 7) is 7.35. The highest BCUT2D eigenvalue weighted by atomic mass is 32.1. The van der Waals surface area contributed by atoms with Gasteiger partial charge in [-0.15, -0.1) is 11.3 Å². The van der Waals surface area contributed by atoms with E-state index >= 15 is 4.39 Å². The Labute approximate surface area is 275 Å². The summed E-state index contributed by atoms with van der Waals surface area (Å²) in [4.78, 5) is 24.7. The number of aliphatic imine (C=N–C) groups is 1. The van der Waals surface area contributed by atoms with Crippen molar-refractivity contribution in [2.75, 3.05) is 58.9 Å². The Morgan fingerprint density at radius 2 is 2.02 bits per heavy atom. The minimum absolute atomic E-state index is 0.0133. The Morgan fingerprint density at radius 1 is 1.21 bits per heavy atom. The molecule has 4 fully saturated rings. The van der Waals surface area contributed by atoms with Crippen LogP contribution in [0.15, 0.2) is 23.3 Å². The van der Waals surface area contributed by atoms with Gasteiger partial charge in [-0.2, -0.15) is 15.2 Å². The summed E-state index contributed by atoms with van der Waals surface area (Å²) in [5, 5.41) is 10.9. The molecule has 2 aliphatic heterocycles. The molecule has 47 heavy (non-hydrogen) atoms. The number of hydrogen-bond acceptors (Lipinski definition) is 11. The van der Waals surface area contributed by atoms with E-state index < -0.39 is 11.6 Å². The largest absolute Gasteiger partial charge is 0.463 e. The first-order valence-corrected chi connectivity index (χ1v) is 16.8. The number of aromatic nitrogens is 3. The highest BCUT2D eigenvalue weighted by Gasteiger charge is 2.53. The first-order valence-electron chi connectivity index (χ1n) is 16.0. The normalized spacial score (nSPS) is 22.2. The van der Waals surface area contributed by atoms with Crippen molar-refractivity contribution in [3.63, 3.8) is 0 Å². The number of fused-ring (bicyclic) bond motifs is 3. The minimum atomic E-state index is -0.691. The van der Waals surface area contributed by atoms with Crippen molar-refractivity contribution in [1.82, 2.24) is 24.8 Å². The smallest absolute Gasteiger partial charge is 0.319 e. The Bertz CT molecular complexity index is 1970. The predicted molar refractivity (Wildman–Crippen MR) is 178 cm³/mol. The number of ether oxygens (including phenoxy) is 2. The fraction of sp³-hybridized carbons (Fsp3) is 0.500. The van der Waals surface area contributed by atoms with Gasteiger partial charge < -0.3 is 19.3 Å². The van der Waals surface area contributed by atoms with Crippen LogP contribution in [0.2, 0.25) is 0 Å². The number of halogens is 2. The third kappa shape index (κ3) is 4.87. The summed E-state index contributed by atoms with van der Waals surface area (Å²) in [5.41, 5.74) is 0.449. The topological polar surface area (TPSA) is 103 Å². The van der Waals surface area contributed by atoms with Gasteiger partial charge in [0.1, 0.15) is 33.9 Å². The van der Waals surface area contributed by atoms with Crippen LogP contribution in [0.25, 0.3) is 32.2 Å². The lowest BCUT2D eigenvalue weighted by atomic mass is 9.75. The maximum absolute atomic E-state index is 16.8. The Kier molecular flexibility index (Phi) is 7.22. The predicted octanol–water partition coefficient (Wildman–Crippen LogP) is 5.55. The third-order valence-corrected chi connectivity index (χ3v) is 12.0. The van der Waals surface area contributed by atoms with E-state index in [0.29, 0.717) is 36.5 Å². The molecule has 0 spiro atoms. The van der Waals surface area contributed by atoms with Gasteiger partial charge in [-0.05, 0) is 65.0 Å². The molecule has 0 bridgehead atoms. The first kappa shape index (κ1) is 30.5. The lowest BCUT2D eigenvalue weighted by Crippen LogP contribution is -2.71. The van der Waals surface area contributed by atoms with Gasteiger partial charge in [-0.25, -0.2) is 8.78 Å². The van der Waals surface area contributed by atoms with Crippen molar-refractivity contribution in [3.05, 3.63) is 35.5 Å². The number of morpholine rings is 1. The fourth-order valence-corrected chi connectivity index (χ4v) is 8.39. The molecular weight excluding hydrogens is 622 g/mol. The summed E-state index contributed by atoms with van der Waals surface area (Å²) in [7, 11) is 6.14. The fourth-order valence-electron chi connectivity index (χ4n) is 7.40. The van der Waals surface area contributed by atoms with Crippen molar-refractivity contribution in [2.45, 2.75) is 49.8 Å². The van der Waals surface area contributed by atoms with Crippen LogP contribution in [0, 0.1) is 28.4 Å². The molecule has 2 saturated carbocycles. The summed E-state index contributed by atoms with van der Waals surface area (Å²) >= 11 is 1.00. The van der Waals surface area contributed by atoms with Crippen LogP contribution in [0.5, 0.6) is 6.01 Å². The molecule has 0 N–H and O–H groups in total. The van der Waals surface area contributed by atoms with E-state index in [0.717, 1.165) is 63.1 Å². The second-order valence-electron chi connectivity index (χ2n) is 13.8. The molecule has 4 aliphatic rings. The molecule has 3 aromatic heterocycles. The number of hydrogen-bond donors (Lipinski definition) is 0. The highest BCUT2D eigenvalue weighted by molar-refractivity contribution is 7.23. The Morgan fingerprint density at radius 3 is 2.62 bits per heavy atom. The minimum Gasteiger partial charge on any atom is -0.463 e. The molecule has 2 atom stereocenters. The lowest BCUT2D eigenvalue weighted by molar-refractivity contribution is -0.218. The van der Waals surface area contributed by atoms with Gasteiger partial charge in [-0.3, -0.25) is 14.9 Å². The second kappa shape index (κ2) is 11.1. The number of pyridine rings is 1. The molecule has 4 aromatic rings. The van der Waals surface area contributed by atoms with Gasteiger partial charge >= 0.3 is 6.01 Å². The van der Waals surface area contributed by atoms with Gasteiger partial charge in [-0.1, -0.05) is 0 Å². The monoisotopic (exact) mass is 658 g/mol. The number of benzene rings is 1. The van der Waals surface area contributed by atoms with E-state index in [-0.39, 0.29) is 54.4 Å². The number of nitrogens with zero attached hydrogens (tertiary/aromatic N) is 8. The van der Waals surface area contributed by atoms with Crippen LogP contribution in [0.1, 0.15) is 37.7 Å². The zero-order valence-corrected chi connectivity index (χ0v) is 27.5. The molecule has 5 heterocycles. The van der Waals surface area contributed by atoms with Crippen LogP contribution < -0.4 is 9.64 Å². The first-order chi connectivity index (χ1) is 22.7. The summed E-state index contributed by atoms with van der Waals surface area (Å²) in [6, 6.07) is 5.43. The van der Waals surface area contributed by atoms with Crippen molar-refractivity contribution in [2.24, 2.45) is 10.4 Å². The Hall–Kier alpha value is -3.83. The van der Waals surface area contributed by atoms with Crippen LogP contribution in [0.4, 0.5) is 19.6 Å². The van der Waals surface area contributed by atoms with E-state index in [1.807, 2.05) is 11.9 Å². The molecule has 8 rings (SSSR count). The number of likely N-dealkylation sites (tertiary alicyclic amines) is 1. The number of rotatable bonds is 11. The quantitative estimate of drug-likeness (QED) is 0.192. The molecule has 1 aromatic carbocycles. The highest BCUT2D eigenvalue weighted by Crippen LogP contribution is 2.49. The number of thiophene rings is 1.